The van der Waals surface area contributed by atoms with Crippen LogP contribution in [-0.2, 0) is 13.5 Å². The molecule has 1 heterocycles. The topological polar surface area (TPSA) is 46.9 Å². The zero-order valence-electron chi connectivity index (χ0n) is 10.1. The van der Waals surface area contributed by atoms with E-state index in [0.717, 1.165) is 5.82 Å². The van der Waals surface area contributed by atoms with Crippen LogP contribution in [0.15, 0.2) is 36.7 Å². The molecule has 1 N–H and O–H groups in total. The van der Waals surface area contributed by atoms with Crippen LogP contribution in [0.25, 0.3) is 0 Å². The summed E-state index contributed by atoms with van der Waals surface area (Å²) in [6.07, 6.45) is 4.21. The van der Waals surface area contributed by atoms with Gasteiger partial charge < -0.3 is 9.88 Å². The van der Waals surface area contributed by atoms with Gasteiger partial charge in [-0.25, -0.2) is 9.37 Å². The van der Waals surface area contributed by atoms with Crippen molar-refractivity contribution in [3.05, 3.63) is 53.9 Å². The second-order valence-corrected chi connectivity index (χ2v) is 3.97. The molecule has 4 nitrogen and oxygen atoms in total. The largest absolute Gasteiger partial charge is 0.352 e. The predicted molar refractivity (Wildman–Crippen MR) is 65.6 cm³/mol. The molecule has 0 saturated heterocycles. The maximum Gasteiger partial charge on any atom is 0.251 e. The molecule has 94 valence electrons. The van der Waals surface area contributed by atoms with Crippen molar-refractivity contribution in [2.75, 3.05) is 6.54 Å². The molecule has 0 aliphatic heterocycles. The lowest BCUT2D eigenvalue weighted by atomic mass is 10.2. The number of nitrogens with one attached hydrogen (secondary N) is 1. The van der Waals surface area contributed by atoms with Gasteiger partial charge in [-0.05, 0) is 18.2 Å². The summed E-state index contributed by atoms with van der Waals surface area (Å²) in [7, 11) is 1.90. The Hall–Kier alpha value is -2.17. The Morgan fingerprint density at radius 3 is 3.00 bits per heavy atom. The maximum atomic E-state index is 12.9. The zero-order valence-corrected chi connectivity index (χ0v) is 10.1. The van der Waals surface area contributed by atoms with Gasteiger partial charge in [0.05, 0.1) is 0 Å². The van der Waals surface area contributed by atoms with E-state index in [1.165, 1.54) is 18.2 Å². The van der Waals surface area contributed by atoms with Gasteiger partial charge in [0.1, 0.15) is 11.6 Å². The van der Waals surface area contributed by atoms with E-state index in [1.54, 1.807) is 12.3 Å². The number of halogens is 1. The molecule has 1 aromatic heterocycles. The van der Waals surface area contributed by atoms with Crippen LogP contribution in [0, 0.1) is 5.82 Å². The van der Waals surface area contributed by atoms with Crippen LogP contribution < -0.4 is 5.32 Å². The summed E-state index contributed by atoms with van der Waals surface area (Å²) in [5.74, 6) is 0.213. The van der Waals surface area contributed by atoms with Gasteiger partial charge in [-0.15, -0.1) is 0 Å². The van der Waals surface area contributed by atoms with E-state index < -0.39 is 5.82 Å². The highest BCUT2D eigenvalue weighted by molar-refractivity contribution is 5.94. The Balaban J connectivity index is 1.87. The lowest BCUT2D eigenvalue weighted by Crippen LogP contribution is -2.26. The van der Waals surface area contributed by atoms with Crippen LogP contribution in [0.4, 0.5) is 4.39 Å². The maximum absolute atomic E-state index is 12.9. The Labute approximate surface area is 104 Å². The molecule has 18 heavy (non-hydrogen) atoms. The van der Waals surface area contributed by atoms with Crippen LogP contribution in [0.1, 0.15) is 16.2 Å². The van der Waals surface area contributed by atoms with Gasteiger partial charge in [-0.3, -0.25) is 4.79 Å². The molecule has 0 atom stereocenters. The zero-order chi connectivity index (χ0) is 13.0. The molecule has 2 aromatic rings. The molecule has 0 aliphatic carbocycles. The summed E-state index contributed by atoms with van der Waals surface area (Å²) in [6.45, 7) is 0.472. The average molecular weight is 247 g/mol. The molecule has 0 fully saturated rings. The van der Waals surface area contributed by atoms with Gasteiger partial charge in [0.25, 0.3) is 5.91 Å². The number of amides is 1. The second kappa shape index (κ2) is 5.44. The Bertz CT molecular complexity index is 551. The van der Waals surface area contributed by atoms with Crippen molar-refractivity contribution >= 4 is 5.91 Å². The first-order valence-electron chi connectivity index (χ1n) is 5.67. The smallest absolute Gasteiger partial charge is 0.251 e. The van der Waals surface area contributed by atoms with Crippen LogP contribution in [-0.4, -0.2) is 22.0 Å². The number of hydrogen-bond acceptors (Lipinski definition) is 2. The normalized spacial score (nSPS) is 10.3. The second-order valence-electron chi connectivity index (χ2n) is 3.97. The minimum absolute atomic E-state index is 0.274. The Morgan fingerprint density at radius 1 is 1.50 bits per heavy atom. The fraction of sp³-hybridized carbons (Fsp3) is 0.231. The number of benzene rings is 1. The van der Waals surface area contributed by atoms with Gasteiger partial charge in [0, 0.05) is 38.0 Å². The van der Waals surface area contributed by atoms with Crippen LogP contribution in [0.3, 0.4) is 0 Å². The number of hydrogen-bond donors (Lipinski definition) is 1. The third kappa shape index (κ3) is 2.94. The van der Waals surface area contributed by atoms with Crippen LogP contribution >= 0.6 is 0 Å². The lowest BCUT2D eigenvalue weighted by molar-refractivity contribution is 0.0953. The van der Waals surface area contributed by atoms with Crippen molar-refractivity contribution in [2.45, 2.75) is 6.42 Å². The number of aryl methyl sites for hydroxylation is 1. The summed E-state index contributed by atoms with van der Waals surface area (Å²) in [5, 5.41) is 2.73. The van der Waals surface area contributed by atoms with Gasteiger partial charge in [0.2, 0.25) is 0 Å². The standard InChI is InChI=1S/C13H14FN3O/c1-17-8-7-15-12(17)5-6-16-13(18)10-3-2-4-11(14)9-10/h2-4,7-9H,5-6H2,1H3,(H,16,18). The van der Waals surface area contributed by atoms with E-state index in [-0.39, 0.29) is 5.91 Å². The fourth-order valence-electron chi connectivity index (χ4n) is 1.66. The van der Waals surface area contributed by atoms with Crippen molar-refractivity contribution in [3.63, 3.8) is 0 Å². The average Bonchev–Trinajstić information content (AvgIpc) is 2.75. The van der Waals surface area contributed by atoms with E-state index in [1.807, 2.05) is 17.8 Å². The molecule has 5 heteroatoms. The minimum atomic E-state index is -0.410. The molecule has 0 unspecified atom stereocenters. The highest BCUT2D eigenvalue weighted by atomic mass is 19.1. The highest BCUT2D eigenvalue weighted by Gasteiger charge is 2.06. The van der Waals surface area contributed by atoms with Gasteiger partial charge in [0.15, 0.2) is 0 Å². The van der Waals surface area contributed by atoms with Gasteiger partial charge in [-0.2, -0.15) is 0 Å². The fourth-order valence-corrected chi connectivity index (χ4v) is 1.66. The molecule has 0 bridgehead atoms. The van der Waals surface area contributed by atoms with E-state index in [9.17, 15) is 9.18 Å². The van der Waals surface area contributed by atoms with E-state index >= 15 is 0 Å². The number of nitrogens with zero attached hydrogens (tertiary/aromatic N) is 2. The summed E-state index contributed by atoms with van der Waals surface area (Å²) >= 11 is 0. The molecular formula is C13H14FN3O. The Morgan fingerprint density at radius 2 is 2.33 bits per heavy atom. The van der Waals surface area contributed by atoms with Crippen LogP contribution in [0.5, 0.6) is 0 Å². The minimum Gasteiger partial charge on any atom is -0.352 e. The van der Waals surface area contributed by atoms with Crippen molar-refractivity contribution in [3.8, 4) is 0 Å². The van der Waals surface area contributed by atoms with Crippen molar-refractivity contribution < 1.29 is 9.18 Å². The number of carbonyl (C=O) groups excluding carboxylic acids is 1. The molecule has 0 saturated carbocycles. The molecular weight excluding hydrogens is 233 g/mol. The lowest BCUT2D eigenvalue weighted by Gasteiger charge is -2.05. The Kier molecular flexibility index (Phi) is 3.72. The summed E-state index contributed by atoms with van der Waals surface area (Å²) in [4.78, 5) is 15.9. The van der Waals surface area contributed by atoms with Crippen LogP contribution in [0.2, 0.25) is 0 Å². The molecule has 0 spiro atoms. The summed E-state index contributed by atoms with van der Waals surface area (Å²) < 4.78 is 14.8. The summed E-state index contributed by atoms with van der Waals surface area (Å²) in [6, 6.07) is 5.63. The third-order valence-electron chi connectivity index (χ3n) is 2.64. The number of rotatable bonds is 4. The van der Waals surface area contributed by atoms with E-state index in [0.29, 0.717) is 18.5 Å². The van der Waals surface area contributed by atoms with E-state index in [4.69, 9.17) is 0 Å². The van der Waals surface area contributed by atoms with Crippen molar-refractivity contribution in [1.82, 2.24) is 14.9 Å². The van der Waals surface area contributed by atoms with Gasteiger partial charge in [-0.1, -0.05) is 6.07 Å². The molecule has 2 rings (SSSR count). The highest BCUT2D eigenvalue weighted by Crippen LogP contribution is 2.03. The first-order valence-corrected chi connectivity index (χ1v) is 5.67. The SMILES string of the molecule is Cn1ccnc1CCNC(=O)c1cccc(F)c1. The predicted octanol–water partition coefficient (Wildman–Crippen LogP) is 1.53. The third-order valence-corrected chi connectivity index (χ3v) is 2.64. The monoisotopic (exact) mass is 247 g/mol. The quantitative estimate of drug-likeness (QED) is 0.890. The van der Waals surface area contributed by atoms with E-state index in [2.05, 4.69) is 10.3 Å². The van der Waals surface area contributed by atoms with Gasteiger partial charge >= 0.3 is 0 Å². The number of imidazole rings is 1. The molecule has 1 amide bonds. The molecule has 1 aromatic carbocycles. The van der Waals surface area contributed by atoms with Crippen molar-refractivity contribution in [1.29, 1.82) is 0 Å². The molecule has 0 aliphatic rings. The number of aromatic nitrogens is 2. The molecule has 0 radical (unpaired) electrons. The van der Waals surface area contributed by atoms with Crippen molar-refractivity contribution in [2.24, 2.45) is 7.05 Å². The first-order chi connectivity index (χ1) is 8.66. The summed E-state index contributed by atoms with van der Waals surface area (Å²) in [5.41, 5.74) is 0.329. The first kappa shape index (κ1) is 12.3. The number of carbonyl (C=O) groups is 1.